The zero-order valence-corrected chi connectivity index (χ0v) is 11.1. The van der Waals surface area contributed by atoms with Crippen LogP contribution in [0.25, 0.3) is 0 Å². The van der Waals surface area contributed by atoms with Crippen LogP contribution in [0.15, 0.2) is 18.3 Å². The molecule has 1 aliphatic heterocycles. The maximum absolute atomic E-state index is 5.51. The summed E-state index contributed by atoms with van der Waals surface area (Å²) in [5, 5.41) is 3.28. The van der Waals surface area contributed by atoms with Gasteiger partial charge in [0.05, 0.1) is 13.2 Å². The second-order valence-electron chi connectivity index (χ2n) is 4.18. The number of ether oxygens (including phenoxy) is 1. The summed E-state index contributed by atoms with van der Waals surface area (Å²) in [5.74, 6) is 0.850. The molecule has 0 bridgehead atoms. The lowest BCUT2D eigenvalue weighted by Gasteiger charge is -2.26. The second-order valence-corrected chi connectivity index (χ2v) is 4.62. The van der Waals surface area contributed by atoms with E-state index in [-0.39, 0.29) is 0 Å². The van der Waals surface area contributed by atoms with Gasteiger partial charge in [0.15, 0.2) is 0 Å². The van der Waals surface area contributed by atoms with Gasteiger partial charge in [-0.3, -0.25) is 4.90 Å². The van der Waals surface area contributed by atoms with Crippen LogP contribution in [0.5, 0.6) is 0 Å². The zero-order valence-electron chi connectivity index (χ0n) is 10.3. The Hall–Kier alpha value is -1.24. The number of pyridine rings is 1. The van der Waals surface area contributed by atoms with Crippen molar-refractivity contribution in [2.75, 3.05) is 44.7 Å². The molecule has 6 heteroatoms. The molecule has 1 aromatic heterocycles. The highest BCUT2D eigenvalue weighted by molar-refractivity contribution is 7.80. The van der Waals surface area contributed by atoms with E-state index in [1.807, 2.05) is 12.1 Å². The molecular formula is C12H18N4OS. The van der Waals surface area contributed by atoms with E-state index in [9.17, 15) is 0 Å². The van der Waals surface area contributed by atoms with E-state index in [1.54, 1.807) is 6.20 Å². The normalized spacial score (nSPS) is 16.4. The van der Waals surface area contributed by atoms with Crippen LogP contribution in [0.4, 0.5) is 5.82 Å². The molecule has 0 unspecified atom stereocenters. The van der Waals surface area contributed by atoms with Crippen LogP contribution in [0, 0.1) is 0 Å². The third-order valence-electron chi connectivity index (χ3n) is 2.89. The van der Waals surface area contributed by atoms with Gasteiger partial charge in [0.2, 0.25) is 0 Å². The quantitative estimate of drug-likeness (QED) is 0.755. The zero-order chi connectivity index (χ0) is 12.8. The molecule has 18 heavy (non-hydrogen) atoms. The standard InChI is InChI=1S/C12H18N4OS/c13-12(18)10-1-2-11(15-9-10)14-3-4-16-5-7-17-8-6-16/h1-2,9H,3-8H2,(H2,13,18)(H,14,15). The summed E-state index contributed by atoms with van der Waals surface area (Å²) in [6.45, 7) is 5.56. The van der Waals surface area contributed by atoms with Crippen LogP contribution in [-0.4, -0.2) is 54.3 Å². The number of morpholine rings is 1. The highest BCUT2D eigenvalue weighted by Crippen LogP contribution is 2.05. The Morgan fingerprint density at radius 2 is 2.22 bits per heavy atom. The molecule has 1 aromatic rings. The van der Waals surface area contributed by atoms with Gasteiger partial charge in [0.25, 0.3) is 0 Å². The fraction of sp³-hybridized carbons (Fsp3) is 0.500. The Balaban J connectivity index is 1.74. The van der Waals surface area contributed by atoms with Gasteiger partial charge in [-0.2, -0.15) is 0 Å². The summed E-state index contributed by atoms with van der Waals surface area (Å²) in [5.41, 5.74) is 6.31. The Morgan fingerprint density at radius 3 is 2.83 bits per heavy atom. The predicted octanol–water partition coefficient (Wildman–Crippen LogP) is 0.460. The molecule has 1 saturated heterocycles. The Labute approximate surface area is 112 Å². The van der Waals surface area contributed by atoms with Crippen LogP contribution in [-0.2, 0) is 4.74 Å². The molecule has 0 aliphatic carbocycles. The summed E-state index contributed by atoms with van der Waals surface area (Å²) < 4.78 is 5.30. The van der Waals surface area contributed by atoms with Crippen LogP contribution in [0.2, 0.25) is 0 Å². The SMILES string of the molecule is NC(=S)c1ccc(NCCN2CCOCC2)nc1. The third kappa shape index (κ3) is 3.90. The van der Waals surface area contributed by atoms with Crippen LogP contribution in [0.3, 0.4) is 0 Å². The van der Waals surface area contributed by atoms with Crippen molar-refractivity contribution in [3.8, 4) is 0 Å². The van der Waals surface area contributed by atoms with Gasteiger partial charge >= 0.3 is 0 Å². The lowest BCUT2D eigenvalue weighted by atomic mass is 10.3. The summed E-state index contributed by atoms with van der Waals surface area (Å²) in [6, 6.07) is 3.78. The van der Waals surface area contributed by atoms with Crippen molar-refractivity contribution in [1.29, 1.82) is 0 Å². The van der Waals surface area contributed by atoms with Crippen LogP contribution < -0.4 is 11.1 Å². The van der Waals surface area contributed by atoms with Gasteiger partial charge in [0, 0.05) is 37.9 Å². The number of aromatic nitrogens is 1. The number of nitrogens with zero attached hydrogens (tertiary/aromatic N) is 2. The first kappa shape index (κ1) is 13.2. The van der Waals surface area contributed by atoms with E-state index >= 15 is 0 Å². The van der Waals surface area contributed by atoms with Gasteiger partial charge in [-0.25, -0.2) is 4.98 Å². The molecule has 0 aromatic carbocycles. The van der Waals surface area contributed by atoms with Crippen molar-refractivity contribution in [2.45, 2.75) is 0 Å². The average Bonchev–Trinajstić information content (AvgIpc) is 2.40. The largest absolute Gasteiger partial charge is 0.389 e. The van der Waals surface area contributed by atoms with Gasteiger partial charge in [-0.1, -0.05) is 12.2 Å². The summed E-state index contributed by atoms with van der Waals surface area (Å²) in [4.78, 5) is 7.01. The fourth-order valence-corrected chi connectivity index (χ4v) is 1.93. The van der Waals surface area contributed by atoms with Crippen LogP contribution >= 0.6 is 12.2 Å². The first-order valence-corrected chi connectivity index (χ1v) is 6.46. The highest BCUT2D eigenvalue weighted by atomic mass is 32.1. The molecule has 0 saturated carbocycles. The van der Waals surface area contributed by atoms with Crippen molar-refractivity contribution in [2.24, 2.45) is 5.73 Å². The highest BCUT2D eigenvalue weighted by Gasteiger charge is 2.09. The molecule has 0 amide bonds. The van der Waals surface area contributed by atoms with Gasteiger partial charge in [0.1, 0.15) is 10.8 Å². The van der Waals surface area contributed by atoms with Crippen molar-refractivity contribution >= 4 is 23.0 Å². The molecule has 2 heterocycles. The van der Waals surface area contributed by atoms with E-state index in [0.29, 0.717) is 4.99 Å². The van der Waals surface area contributed by atoms with Gasteiger partial charge < -0.3 is 15.8 Å². The number of nitrogens with two attached hydrogens (primary N) is 1. The number of anilines is 1. The summed E-state index contributed by atoms with van der Waals surface area (Å²) >= 11 is 4.88. The molecule has 1 fully saturated rings. The minimum absolute atomic E-state index is 0.377. The second kappa shape index (κ2) is 6.63. The van der Waals surface area contributed by atoms with Crippen molar-refractivity contribution in [1.82, 2.24) is 9.88 Å². The average molecular weight is 266 g/mol. The third-order valence-corrected chi connectivity index (χ3v) is 3.12. The minimum atomic E-state index is 0.377. The maximum atomic E-state index is 5.51. The minimum Gasteiger partial charge on any atom is -0.389 e. The van der Waals surface area contributed by atoms with Gasteiger partial charge in [-0.15, -0.1) is 0 Å². The summed E-state index contributed by atoms with van der Waals surface area (Å²) in [7, 11) is 0. The van der Waals surface area contributed by atoms with E-state index in [0.717, 1.165) is 50.8 Å². The molecule has 3 N–H and O–H groups in total. The summed E-state index contributed by atoms with van der Waals surface area (Å²) in [6.07, 6.45) is 1.69. The molecular weight excluding hydrogens is 248 g/mol. The number of nitrogens with one attached hydrogen (secondary N) is 1. The molecule has 1 aliphatic rings. The van der Waals surface area contributed by atoms with Crippen LogP contribution in [0.1, 0.15) is 5.56 Å². The fourth-order valence-electron chi connectivity index (χ4n) is 1.81. The Bertz CT molecular complexity index is 390. The first-order chi connectivity index (χ1) is 8.75. The smallest absolute Gasteiger partial charge is 0.125 e. The van der Waals surface area contributed by atoms with Crippen molar-refractivity contribution in [3.63, 3.8) is 0 Å². The van der Waals surface area contributed by atoms with E-state index < -0.39 is 0 Å². The first-order valence-electron chi connectivity index (χ1n) is 6.05. The molecule has 98 valence electrons. The number of hydrogen-bond donors (Lipinski definition) is 2. The van der Waals surface area contributed by atoms with Gasteiger partial charge in [-0.05, 0) is 12.1 Å². The lowest BCUT2D eigenvalue weighted by Crippen LogP contribution is -2.39. The molecule has 0 radical (unpaired) electrons. The molecule has 5 nitrogen and oxygen atoms in total. The lowest BCUT2D eigenvalue weighted by molar-refractivity contribution is 0.0398. The number of thiocarbonyl (C=S) groups is 1. The topological polar surface area (TPSA) is 63.4 Å². The predicted molar refractivity (Wildman–Crippen MR) is 75.9 cm³/mol. The van der Waals surface area contributed by atoms with Crippen molar-refractivity contribution < 1.29 is 4.74 Å². The number of rotatable bonds is 5. The maximum Gasteiger partial charge on any atom is 0.125 e. The van der Waals surface area contributed by atoms with E-state index in [2.05, 4.69) is 15.2 Å². The molecule has 2 rings (SSSR count). The monoisotopic (exact) mass is 266 g/mol. The van der Waals surface area contributed by atoms with Crippen molar-refractivity contribution in [3.05, 3.63) is 23.9 Å². The molecule has 0 atom stereocenters. The van der Waals surface area contributed by atoms with E-state index in [4.69, 9.17) is 22.7 Å². The number of hydrogen-bond acceptors (Lipinski definition) is 5. The Kier molecular flexibility index (Phi) is 4.86. The Morgan fingerprint density at radius 1 is 1.44 bits per heavy atom. The van der Waals surface area contributed by atoms with E-state index in [1.165, 1.54) is 0 Å². The molecule has 0 spiro atoms.